The van der Waals surface area contributed by atoms with Gasteiger partial charge >= 0.3 is 11.9 Å². The third kappa shape index (κ3) is 8.82. The van der Waals surface area contributed by atoms with Crippen molar-refractivity contribution in [2.24, 2.45) is 11.7 Å². The van der Waals surface area contributed by atoms with Gasteiger partial charge in [0.05, 0.1) is 12.9 Å². The Morgan fingerprint density at radius 2 is 1.71 bits per heavy atom. The van der Waals surface area contributed by atoms with E-state index in [9.17, 15) is 29.1 Å². The van der Waals surface area contributed by atoms with Crippen molar-refractivity contribution < 1.29 is 34.2 Å². The average Bonchev–Trinajstić information content (AvgIpc) is 3.20. The molecule has 0 saturated heterocycles. The number of nitrogens with zero attached hydrogens (tertiary/aromatic N) is 1. The van der Waals surface area contributed by atoms with E-state index in [0.29, 0.717) is 5.69 Å². The van der Waals surface area contributed by atoms with E-state index in [-0.39, 0.29) is 25.3 Å². The number of carboxylic acid groups (broad SMARTS) is 2. The Hall–Kier alpha value is -3.48. The molecule has 1 aromatic rings. The maximum Gasteiger partial charge on any atom is 0.326 e. The SMILES string of the molecule is CC(C)C(NC(=O)CN)C(=O)NC(Cc1cnc[nH]1)C(=O)NC(CCC(=O)O)C(=O)O. The van der Waals surface area contributed by atoms with E-state index in [2.05, 4.69) is 25.9 Å². The van der Waals surface area contributed by atoms with Gasteiger partial charge in [0.1, 0.15) is 18.1 Å². The number of amides is 3. The largest absolute Gasteiger partial charge is 0.481 e. The number of carbonyl (C=O) groups excluding carboxylic acids is 3. The predicted octanol–water partition coefficient (Wildman–Crippen LogP) is -2.03. The first-order chi connectivity index (χ1) is 14.5. The van der Waals surface area contributed by atoms with Crippen LogP contribution in [0.3, 0.4) is 0 Å². The van der Waals surface area contributed by atoms with Gasteiger partial charge in [-0.2, -0.15) is 0 Å². The van der Waals surface area contributed by atoms with Crippen molar-refractivity contribution in [1.29, 1.82) is 0 Å². The van der Waals surface area contributed by atoms with Crippen LogP contribution in [0.4, 0.5) is 0 Å². The van der Waals surface area contributed by atoms with Crippen LogP contribution in [0.5, 0.6) is 0 Å². The van der Waals surface area contributed by atoms with Crippen molar-refractivity contribution in [2.45, 2.75) is 51.2 Å². The number of imidazole rings is 1. The van der Waals surface area contributed by atoms with Crippen molar-refractivity contribution in [3.05, 3.63) is 18.2 Å². The second kappa shape index (κ2) is 12.3. The standard InChI is InChI=1S/C18H28N6O7/c1-9(2)15(24-13(25)6-19)17(29)23-12(5-10-7-20-8-21-10)16(28)22-11(18(30)31)3-4-14(26)27/h7-9,11-12,15H,3-6,19H2,1-2H3,(H,20,21)(H,22,28)(H,23,29)(H,24,25)(H,26,27)(H,30,31). The lowest BCUT2D eigenvalue weighted by Crippen LogP contribution is -2.58. The first kappa shape index (κ1) is 25.6. The fourth-order valence-corrected chi connectivity index (χ4v) is 2.65. The van der Waals surface area contributed by atoms with Crippen molar-refractivity contribution in [3.8, 4) is 0 Å². The van der Waals surface area contributed by atoms with Gasteiger partial charge in [-0.1, -0.05) is 13.8 Å². The van der Waals surface area contributed by atoms with Crippen molar-refractivity contribution in [2.75, 3.05) is 6.54 Å². The number of rotatable bonds is 13. The molecule has 0 bridgehead atoms. The number of hydrogen-bond donors (Lipinski definition) is 7. The molecule has 13 heteroatoms. The molecule has 0 saturated carbocycles. The highest BCUT2D eigenvalue weighted by Crippen LogP contribution is 2.06. The minimum absolute atomic E-state index is 0.0432. The Bertz CT molecular complexity index is 780. The molecule has 0 aliphatic carbocycles. The highest BCUT2D eigenvalue weighted by atomic mass is 16.4. The number of carbonyl (C=O) groups is 5. The summed E-state index contributed by atoms with van der Waals surface area (Å²) in [4.78, 5) is 65.9. The van der Waals surface area contributed by atoms with Gasteiger partial charge in [0.25, 0.3) is 0 Å². The molecule has 8 N–H and O–H groups in total. The first-order valence-corrected chi connectivity index (χ1v) is 9.57. The summed E-state index contributed by atoms with van der Waals surface area (Å²) in [6.45, 7) is 3.06. The molecule has 31 heavy (non-hydrogen) atoms. The van der Waals surface area contributed by atoms with Crippen LogP contribution in [0.1, 0.15) is 32.4 Å². The van der Waals surface area contributed by atoms with Crippen LogP contribution >= 0.6 is 0 Å². The van der Waals surface area contributed by atoms with Crippen LogP contribution in [0.25, 0.3) is 0 Å². The summed E-state index contributed by atoms with van der Waals surface area (Å²) in [7, 11) is 0. The number of nitrogens with one attached hydrogen (secondary N) is 4. The van der Waals surface area contributed by atoms with Crippen LogP contribution in [0, 0.1) is 5.92 Å². The summed E-state index contributed by atoms with van der Waals surface area (Å²) in [6, 6.07) is -3.64. The van der Waals surface area contributed by atoms with Crippen LogP contribution < -0.4 is 21.7 Å². The van der Waals surface area contributed by atoms with Gasteiger partial charge in [0.2, 0.25) is 17.7 Å². The lowest BCUT2D eigenvalue weighted by atomic mass is 10.0. The zero-order valence-corrected chi connectivity index (χ0v) is 17.3. The summed E-state index contributed by atoms with van der Waals surface area (Å²) in [5.74, 6) is -4.98. The second-order valence-electron chi connectivity index (χ2n) is 7.17. The maximum absolute atomic E-state index is 12.8. The third-order valence-corrected chi connectivity index (χ3v) is 4.32. The topological polar surface area (TPSA) is 217 Å². The Morgan fingerprint density at radius 1 is 1.06 bits per heavy atom. The van der Waals surface area contributed by atoms with Gasteiger partial charge < -0.3 is 36.9 Å². The molecule has 3 atom stereocenters. The van der Waals surface area contributed by atoms with E-state index in [1.54, 1.807) is 13.8 Å². The molecule has 0 aliphatic rings. The highest BCUT2D eigenvalue weighted by Gasteiger charge is 2.31. The maximum atomic E-state index is 12.8. The Balaban J connectivity index is 3.00. The van der Waals surface area contributed by atoms with Crippen molar-refractivity contribution in [1.82, 2.24) is 25.9 Å². The van der Waals surface area contributed by atoms with Crippen molar-refractivity contribution >= 4 is 29.7 Å². The number of H-pyrrole nitrogens is 1. The van der Waals surface area contributed by atoms with Gasteiger partial charge in [-0.25, -0.2) is 9.78 Å². The predicted molar refractivity (Wildman–Crippen MR) is 106 cm³/mol. The number of hydrogen-bond acceptors (Lipinski definition) is 7. The molecule has 0 fully saturated rings. The van der Waals surface area contributed by atoms with Crippen LogP contribution in [0.2, 0.25) is 0 Å². The zero-order valence-electron chi connectivity index (χ0n) is 17.3. The van der Waals surface area contributed by atoms with Gasteiger partial charge in [-0.3, -0.25) is 19.2 Å². The second-order valence-corrected chi connectivity index (χ2v) is 7.17. The van der Waals surface area contributed by atoms with Gasteiger partial charge in [0.15, 0.2) is 0 Å². The summed E-state index contributed by atoms with van der Waals surface area (Å²) in [6.07, 6.45) is 1.97. The third-order valence-electron chi connectivity index (χ3n) is 4.32. The van der Waals surface area contributed by atoms with Crippen LogP contribution in [0.15, 0.2) is 12.5 Å². The monoisotopic (exact) mass is 440 g/mol. The molecule has 0 radical (unpaired) electrons. The molecular weight excluding hydrogens is 412 g/mol. The molecular formula is C18H28N6O7. The lowest BCUT2D eigenvalue weighted by molar-refractivity contribution is -0.143. The van der Waals surface area contributed by atoms with Crippen molar-refractivity contribution in [3.63, 3.8) is 0 Å². The molecule has 13 nitrogen and oxygen atoms in total. The highest BCUT2D eigenvalue weighted by molar-refractivity contribution is 5.93. The Kier molecular flexibility index (Phi) is 10.1. The molecule has 0 spiro atoms. The number of carboxylic acids is 2. The normalized spacial score (nSPS) is 13.7. The molecule has 0 aliphatic heterocycles. The summed E-state index contributed by atoms with van der Waals surface area (Å²) < 4.78 is 0. The summed E-state index contributed by atoms with van der Waals surface area (Å²) in [5.41, 5.74) is 5.77. The van der Waals surface area contributed by atoms with E-state index >= 15 is 0 Å². The van der Waals surface area contributed by atoms with E-state index in [4.69, 9.17) is 10.8 Å². The molecule has 1 heterocycles. The number of nitrogens with two attached hydrogens (primary N) is 1. The Morgan fingerprint density at radius 3 is 2.19 bits per heavy atom. The summed E-state index contributed by atoms with van der Waals surface area (Å²) in [5, 5.41) is 25.3. The van der Waals surface area contributed by atoms with Crippen LogP contribution in [-0.2, 0) is 30.4 Å². The molecule has 172 valence electrons. The fraction of sp³-hybridized carbons (Fsp3) is 0.556. The summed E-state index contributed by atoms with van der Waals surface area (Å²) >= 11 is 0. The zero-order chi connectivity index (χ0) is 23.6. The van der Waals surface area contributed by atoms with Crippen LogP contribution in [-0.4, -0.2) is 74.5 Å². The average molecular weight is 440 g/mol. The van der Waals surface area contributed by atoms with E-state index in [0.717, 1.165) is 0 Å². The minimum atomic E-state index is -1.46. The van der Waals surface area contributed by atoms with Gasteiger partial charge in [0, 0.05) is 24.7 Å². The number of aromatic nitrogens is 2. The van der Waals surface area contributed by atoms with E-state index in [1.165, 1.54) is 12.5 Å². The quantitative estimate of drug-likeness (QED) is 0.180. The van der Waals surface area contributed by atoms with Gasteiger partial charge in [-0.15, -0.1) is 0 Å². The number of aliphatic carboxylic acids is 2. The first-order valence-electron chi connectivity index (χ1n) is 9.57. The smallest absolute Gasteiger partial charge is 0.326 e. The Labute approximate surface area is 178 Å². The van der Waals surface area contributed by atoms with Gasteiger partial charge in [-0.05, 0) is 12.3 Å². The lowest BCUT2D eigenvalue weighted by Gasteiger charge is -2.26. The van der Waals surface area contributed by atoms with E-state index < -0.39 is 54.2 Å². The molecule has 1 aromatic heterocycles. The molecule has 0 aromatic carbocycles. The van der Waals surface area contributed by atoms with E-state index in [1.807, 2.05) is 0 Å². The number of aromatic amines is 1. The minimum Gasteiger partial charge on any atom is -0.481 e. The molecule has 3 unspecified atom stereocenters. The molecule has 3 amide bonds. The fourth-order valence-electron chi connectivity index (χ4n) is 2.65. The molecule has 1 rings (SSSR count).